The predicted molar refractivity (Wildman–Crippen MR) is 60.1 cm³/mol. The van der Waals surface area contributed by atoms with Gasteiger partial charge in [-0.3, -0.25) is 4.79 Å². The first kappa shape index (κ1) is 9.90. The van der Waals surface area contributed by atoms with Crippen molar-refractivity contribution in [2.75, 3.05) is 0 Å². The summed E-state index contributed by atoms with van der Waals surface area (Å²) < 4.78 is 0. The van der Waals surface area contributed by atoms with Crippen molar-refractivity contribution in [1.82, 2.24) is 9.97 Å². The summed E-state index contributed by atoms with van der Waals surface area (Å²) in [5, 5.41) is 0.987. The molecule has 15 heavy (non-hydrogen) atoms. The Kier molecular flexibility index (Phi) is 2.81. The maximum atomic E-state index is 10.9. The zero-order chi connectivity index (χ0) is 10.7. The van der Waals surface area contributed by atoms with Gasteiger partial charge in [0.2, 0.25) is 0 Å². The molecule has 0 saturated carbocycles. The SMILES string of the molecule is CCCCc1ccnc2[nH]cc(C=O)c12. The first-order valence-corrected chi connectivity index (χ1v) is 5.27. The number of aryl methyl sites for hydroxylation is 1. The van der Waals surface area contributed by atoms with Crippen molar-refractivity contribution in [2.45, 2.75) is 26.2 Å². The Morgan fingerprint density at radius 1 is 1.53 bits per heavy atom. The number of nitrogens with zero attached hydrogens (tertiary/aromatic N) is 1. The summed E-state index contributed by atoms with van der Waals surface area (Å²) in [6.45, 7) is 2.16. The van der Waals surface area contributed by atoms with Crippen LogP contribution in [0.4, 0.5) is 0 Å². The number of fused-ring (bicyclic) bond motifs is 1. The highest BCUT2D eigenvalue weighted by Gasteiger charge is 2.08. The average Bonchev–Trinajstić information content (AvgIpc) is 2.69. The van der Waals surface area contributed by atoms with Gasteiger partial charge in [-0.15, -0.1) is 0 Å². The molecule has 2 aromatic heterocycles. The van der Waals surface area contributed by atoms with E-state index in [-0.39, 0.29) is 0 Å². The summed E-state index contributed by atoms with van der Waals surface area (Å²) in [4.78, 5) is 18.1. The molecule has 0 aliphatic rings. The second-order valence-electron chi connectivity index (χ2n) is 3.66. The molecule has 0 aliphatic carbocycles. The topological polar surface area (TPSA) is 45.8 Å². The number of hydrogen-bond acceptors (Lipinski definition) is 2. The molecule has 0 fully saturated rings. The van der Waals surface area contributed by atoms with Gasteiger partial charge in [0.15, 0.2) is 6.29 Å². The van der Waals surface area contributed by atoms with Gasteiger partial charge in [0.25, 0.3) is 0 Å². The molecule has 2 heterocycles. The third kappa shape index (κ3) is 1.77. The van der Waals surface area contributed by atoms with E-state index in [1.807, 2.05) is 6.07 Å². The van der Waals surface area contributed by atoms with Gasteiger partial charge in [-0.2, -0.15) is 0 Å². The number of aromatic amines is 1. The lowest BCUT2D eigenvalue weighted by Gasteiger charge is -2.01. The second kappa shape index (κ2) is 4.26. The highest BCUT2D eigenvalue weighted by atomic mass is 16.1. The van der Waals surface area contributed by atoms with Crippen molar-refractivity contribution in [3.05, 3.63) is 29.6 Å². The Morgan fingerprint density at radius 2 is 2.40 bits per heavy atom. The highest BCUT2D eigenvalue weighted by Crippen LogP contribution is 2.21. The van der Waals surface area contributed by atoms with Gasteiger partial charge >= 0.3 is 0 Å². The van der Waals surface area contributed by atoms with Gasteiger partial charge < -0.3 is 4.98 Å². The van der Waals surface area contributed by atoms with Crippen molar-refractivity contribution < 1.29 is 4.79 Å². The number of aromatic nitrogens is 2. The van der Waals surface area contributed by atoms with Crippen LogP contribution in [0.3, 0.4) is 0 Å². The van der Waals surface area contributed by atoms with Gasteiger partial charge in [-0.05, 0) is 24.5 Å². The van der Waals surface area contributed by atoms with E-state index < -0.39 is 0 Å². The van der Waals surface area contributed by atoms with E-state index in [1.54, 1.807) is 12.4 Å². The molecule has 2 rings (SSSR count). The van der Waals surface area contributed by atoms with Crippen molar-refractivity contribution in [3.63, 3.8) is 0 Å². The molecule has 0 saturated heterocycles. The van der Waals surface area contributed by atoms with E-state index in [0.29, 0.717) is 5.56 Å². The third-order valence-corrected chi connectivity index (χ3v) is 2.62. The normalized spacial score (nSPS) is 10.7. The van der Waals surface area contributed by atoms with E-state index >= 15 is 0 Å². The minimum absolute atomic E-state index is 0.712. The maximum absolute atomic E-state index is 10.9. The van der Waals surface area contributed by atoms with E-state index in [0.717, 1.165) is 36.6 Å². The smallest absolute Gasteiger partial charge is 0.152 e. The molecule has 0 unspecified atom stereocenters. The van der Waals surface area contributed by atoms with Crippen LogP contribution in [0.1, 0.15) is 35.7 Å². The molecule has 0 bridgehead atoms. The lowest BCUT2D eigenvalue weighted by molar-refractivity contribution is 0.112. The van der Waals surface area contributed by atoms with E-state index in [1.165, 1.54) is 5.56 Å². The lowest BCUT2D eigenvalue weighted by Crippen LogP contribution is -1.89. The zero-order valence-corrected chi connectivity index (χ0v) is 8.79. The van der Waals surface area contributed by atoms with E-state index in [9.17, 15) is 4.79 Å². The van der Waals surface area contributed by atoms with E-state index in [2.05, 4.69) is 16.9 Å². The fourth-order valence-electron chi connectivity index (χ4n) is 1.82. The van der Waals surface area contributed by atoms with Gasteiger partial charge in [-0.25, -0.2) is 4.98 Å². The number of pyridine rings is 1. The molecule has 0 atom stereocenters. The Bertz CT molecular complexity index is 473. The summed E-state index contributed by atoms with van der Waals surface area (Å²) in [5.41, 5.74) is 2.74. The number of carbonyl (C=O) groups excluding carboxylic acids is 1. The monoisotopic (exact) mass is 202 g/mol. The summed E-state index contributed by atoms with van der Waals surface area (Å²) in [6.07, 6.45) is 7.70. The quantitative estimate of drug-likeness (QED) is 0.775. The van der Waals surface area contributed by atoms with Crippen molar-refractivity contribution >= 4 is 17.3 Å². The standard InChI is InChI=1S/C12H14N2O/c1-2-3-4-9-5-6-13-12-11(9)10(8-15)7-14-12/h5-8H,2-4H2,1H3,(H,13,14). The summed E-state index contributed by atoms with van der Waals surface area (Å²) in [7, 11) is 0. The number of aldehydes is 1. The maximum Gasteiger partial charge on any atom is 0.152 e. The molecule has 0 aliphatic heterocycles. The first-order chi connectivity index (χ1) is 7.36. The van der Waals surface area contributed by atoms with Gasteiger partial charge in [0.05, 0.1) is 0 Å². The second-order valence-corrected chi connectivity index (χ2v) is 3.66. The molecule has 0 aromatic carbocycles. The Balaban J connectivity index is 2.51. The van der Waals surface area contributed by atoms with Crippen LogP contribution in [-0.4, -0.2) is 16.3 Å². The molecular formula is C12H14N2O. The van der Waals surface area contributed by atoms with Crippen molar-refractivity contribution in [3.8, 4) is 0 Å². The van der Waals surface area contributed by atoms with Gasteiger partial charge in [-0.1, -0.05) is 13.3 Å². The molecule has 0 radical (unpaired) electrons. The van der Waals surface area contributed by atoms with Crippen LogP contribution >= 0.6 is 0 Å². The Morgan fingerprint density at radius 3 is 3.13 bits per heavy atom. The van der Waals surface area contributed by atoms with Crippen LogP contribution in [0, 0.1) is 0 Å². The molecule has 3 nitrogen and oxygen atoms in total. The minimum atomic E-state index is 0.712. The Labute approximate surface area is 88.5 Å². The van der Waals surface area contributed by atoms with Crippen LogP contribution in [0.15, 0.2) is 18.5 Å². The first-order valence-electron chi connectivity index (χ1n) is 5.27. The van der Waals surface area contributed by atoms with Crippen LogP contribution in [0.2, 0.25) is 0 Å². The van der Waals surface area contributed by atoms with Crippen molar-refractivity contribution in [1.29, 1.82) is 0 Å². The molecule has 1 N–H and O–H groups in total. The molecular weight excluding hydrogens is 188 g/mol. The summed E-state index contributed by atoms with van der Waals surface area (Å²) in [5.74, 6) is 0. The van der Waals surface area contributed by atoms with E-state index in [4.69, 9.17) is 0 Å². The fraction of sp³-hybridized carbons (Fsp3) is 0.333. The summed E-state index contributed by atoms with van der Waals surface area (Å²) >= 11 is 0. The molecule has 2 aromatic rings. The number of rotatable bonds is 4. The summed E-state index contributed by atoms with van der Waals surface area (Å²) in [6, 6.07) is 2.00. The van der Waals surface area contributed by atoms with Crippen LogP contribution < -0.4 is 0 Å². The molecule has 3 heteroatoms. The minimum Gasteiger partial charge on any atom is -0.345 e. The predicted octanol–water partition coefficient (Wildman–Crippen LogP) is 2.72. The highest BCUT2D eigenvalue weighted by molar-refractivity contribution is 5.97. The van der Waals surface area contributed by atoms with Crippen molar-refractivity contribution in [2.24, 2.45) is 0 Å². The van der Waals surface area contributed by atoms with Crippen LogP contribution in [0.25, 0.3) is 11.0 Å². The number of nitrogens with one attached hydrogen (secondary N) is 1. The average molecular weight is 202 g/mol. The zero-order valence-electron chi connectivity index (χ0n) is 8.79. The number of unbranched alkanes of at least 4 members (excludes halogenated alkanes) is 1. The van der Waals surface area contributed by atoms with Crippen LogP contribution in [0.5, 0.6) is 0 Å². The largest absolute Gasteiger partial charge is 0.345 e. The van der Waals surface area contributed by atoms with Gasteiger partial charge in [0.1, 0.15) is 5.65 Å². The fourth-order valence-corrected chi connectivity index (χ4v) is 1.82. The van der Waals surface area contributed by atoms with Crippen LogP contribution in [-0.2, 0) is 6.42 Å². The number of hydrogen-bond donors (Lipinski definition) is 1. The lowest BCUT2D eigenvalue weighted by atomic mass is 10.0. The number of carbonyl (C=O) groups is 1. The van der Waals surface area contributed by atoms with Gasteiger partial charge in [0, 0.05) is 23.3 Å². The molecule has 0 spiro atoms. The number of H-pyrrole nitrogens is 1. The Hall–Kier alpha value is -1.64. The molecule has 0 amide bonds. The molecule has 78 valence electrons. The third-order valence-electron chi connectivity index (χ3n) is 2.62.